The molecule has 5 nitrogen and oxygen atoms in total. The number of aryl methyl sites for hydroxylation is 1. The molecule has 5 heteroatoms. The van der Waals surface area contributed by atoms with E-state index in [-0.39, 0.29) is 6.42 Å². The number of benzene rings is 1. The number of anilines is 1. The van der Waals surface area contributed by atoms with Crippen LogP contribution in [0.25, 0.3) is 0 Å². The summed E-state index contributed by atoms with van der Waals surface area (Å²) in [5.74, 6) is -0.0897. The van der Waals surface area contributed by atoms with Crippen LogP contribution in [-0.4, -0.2) is 22.6 Å². The summed E-state index contributed by atoms with van der Waals surface area (Å²) >= 11 is 0. The largest absolute Gasteiger partial charge is 0.481 e. The van der Waals surface area contributed by atoms with E-state index in [4.69, 9.17) is 10.4 Å². The standard InChI is InChI=1S/C17H17N3O2/c1-13-2-7-16(19-11-13)20(9-8-17(21)22)12-15-5-3-14(10-18)4-6-15/h2-7,11H,8-9,12H2,1H3,(H,21,22). The topological polar surface area (TPSA) is 77.2 Å². The first kappa shape index (κ1) is 15.5. The molecule has 112 valence electrons. The normalized spacial score (nSPS) is 10.0. The van der Waals surface area contributed by atoms with Crippen molar-refractivity contribution in [1.82, 2.24) is 4.98 Å². The van der Waals surface area contributed by atoms with Gasteiger partial charge < -0.3 is 10.0 Å². The zero-order chi connectivity index (χ0) is 15.9. The first-order chi connectivity index (χ1) is 10.6. The molecule has 0 aliphatic rings. The van der Waals surface area contributed by atoms with Crippen LogP contribution in [0.3, 0.4) is 0 Å². The molecule has 0 unspecified atom stereocenters. The number of carbonyl (C=O) groups is 1. The van der Waals surface area contributed by atoms with Crippen molar-refractivity contribution in [2.24, 2.45) is 0 Å². The van der Waals surface area contributed by atoms with E-state index in [0.29, 0.717) is 18.7 Å². The smallest absolute Gasteiger partial charge is 0.305 e. The molecule has 2 rings (SSSR count). The molecule has 0 atom stereocenters. The van der Waals surface area contributed by atoms with Gasteiger partial charge in [0.25, 0.3) is 0 Å². The number of hydrogen-bond donors (Lipinski definition) is 1. The van der Waals surface area contributed by atoms with Gasteiger partial charge in [0.05, 0.1) is 18.1 Å². The van der Waals surface area contributed by atoms with Crippen molar-refractivity contribution < 1.29 is 9.90 Å². The number of nitrogens with zero attached hydrogens (tertiary/aromatic N) is 3. The van der Waals surface area contributed by atoms with Gasteiger partial charge in [0.2, 0.25) is 0 Å². The Labute approximate surface area is 129 Å². The van der Waals surface area contributed by atoms with E-state index >= 15 is 0 Å². The van der Waals surface area contributed by atoms with E-state index in [1.807, 2.05) is 36.1 Å². The van der Waals surface area contributed by atoms with Crippen LogP contribution in [0.5, 0.6) is 0 Å². The molecule has 0 fully saturated rings. The number of nitriles is 1. The van der Waals surface area contributed by atoms with Crippen LogP contribution in [0, 0.1) is 18.3 Å². The molecule has 0 saturated carbocycles. The van der Waals surface area contributed by atoms with Gasteiger partial charge in [-0.05, 0) is 36.2 Å². The molecule has 1 heterocycles. The quantitative estimate of drug-likeness (QED) is 0.886. The molecular formula is C17H17N3O2. The molecule has 0 aliphatic carbocycles. The van der Waals surface area contributed by atoms with Crippen LogP contribution in [0.4, 0.5) is 5.82 Å². The summed E-state index contributed by atoms with van der Waals surface area (Å²) < 4.78 is 0. The van der Waals surface area contributed by atoms with Gasteiger partial charge in [0, 0.05) is 19.3 Å². The maximum absolute atomic E-state index is 10.8. The molecular weight excluding hydrogens is 278 g/mol. The van der Waals surface area contributed by atoms with Gasteiger partial charge in [-0.15, -0.1) is 0 Å². The molecule has 1 aromatic heterocycles. The van der Waals surface area contributed by atoms with Gasteiger partial charge in [0.15, 0.2) is 0 Å². The molecule has 0 bridgehead atoms. The Morgan fingerprint density at radius 3 is 2.55 bits per heavy atom. The summed E-state index contributed by atoms with van der Waals surface area (Å²) in [6, 6.07) is 13.2. The van der Waals surface area contributed by atoms with E-state index in [9.17, 15) is 4.79 Å². The maximum atomic E-state index is 10.8. The van der Waals surface area contributed by atoms with Gasteiger partial charge in [-0.25, -0.2) is 4.98 Å². The highest BCUT2D eigenvalue weighted by molar-refractivity contribution is 5.67. The van der Waals surface area contributed by atoms with Crippen LogP contribution < -0.4 is 4.90 Å². The lowest BCUT2D eigenvalue weighted by molar-refractivity contribution is -0.136. The number of pyridine rings is 1. The highest BCUT2D eigenvalue weighted by atomic mass is 16.4. The van der Waals surface area contributed by atoms with Crippen molar-refractivity contribution in [3.8, 4) is 6.07 Å². The van der Waals surface area contributed by atoms with E-state index in [0.717, 1.165) is 16.9 Å². The van der Waals surface area contributed by atoms with Crippen molar-refractivity contribution in [1.29, 1.82) is 5.26 Å². The van der Waals surface area contributed by atoms with Gasteiger partial charge in [0.1, 0.15) is 5.82 Å². The highest BCUT2D eigenvalue weighted by Gasteiger charge is 2.11. The van der Waals surface area contributed by atoms with Gasteiger partial charge in [-0.3, -0.25) is 4.79 Å². The van der Waals surface area contributed by atoms with Crippen molar-refractivity contribution >= 4 is 11.8 Å². The van der Waals surface area contributed by atoms with Crippen LogP contribution >= 0.6 is 0 Å². The molecule has 2 aromatic rings. The molecule has 0 spiro atoms. The molecule has 0 aliphatic heterocycles. The molecule has 22 heavy (non-hydrogen) atoms. The Kier molecular flexibility index (Phi) is 5.10. The minimum Gasteiger partial charge on any atom is -0.481 e. The Morgan fingerprint density at radius 1 is 1.27 bits per heavy atom. The van der Waals surface area contributed by atoms with Crippen LogP contribution in [-0.2, 0) is 11.3 Å². The van der Waals surface area contributed by atoms with Gasteiger partial charge in [-0.1, -0.05) is 18.2 Å². The summed E-state index contributed by atoms with van der Waals surface area (Å²) in [5, 5.41) is 17.7. The lowest BCUT2D eigenvalue weighted by Crippen LogP contribution is -2.26. The van der Waals surface area contributed by atoms with Gasteiger partial charge in [-0.2, -0.15) is 5.26 Å². The average molecular weight is 295 g/mol. The predicted octanol–water partition coefficient (Wildman–Crippen LogP) is 2.74. The predicted molar refractivity (Wildman–Crippen MR) is 83.4 cm³/mol. The van der Waals surface area contributed by atoms with Crippen molar-refractivity contribution in [2.45, 2.75) is 19.9 Å². The fourth-order valence-electron chi connectivity index (χ4n) is 2.06. The summed E-state index contributed by atoms with van der Waals surface area (Å²) in [6.07, 6.45) is 1.81. The summed E-state index contributed by atoms with van der Waals surface area (Å²) in [6.45, 7) is 2.89. The third kappa shape index (κ3) is 4.32. The number of aromatic nitrogens is 1. The molecule has 1 aromatic carbocycles. The van der Waals surface area contributed by atoms with Crippen molar-refractivity contribution in [3.05, 3.63) is 59.3 Å². The average Bonchev–Trinajstić information content (AvgIpc) is 2.53. The molecule has 0 radical (unpaired) electrons. The molecule has 0 amide bonds. The van der Waals surface area contributed by atoms with E-state index < -0.39 is 5.97 Å². The lowest BCUT2D eigenvalue weighted by Gasteiger charge is -2.23. The second-order valence-corrected chi connectivity index (χ2v) is 5.07. The molecule has 0 saturated heterocycles. The molecule has 1 N–H and O–H groups in total. The Bertz CT molecular complexity index is 673. The summed E-state index contributed by atoms with van der Waals surface area (Å²) in [5.41, 5.74) is 2.67. The number of carboxylic acids is 1. The summed E-state index contributed by atoms with van der Waals surface area (Å²) in [7, 11) is 0. The fraction of sp³-hybridized carbons (Fsp3) is 0.235. The first-order valence-corrected chi connectivity index (χ1v) is 6.97. The van der Waals surface area contributed by atoms with E-state index in [1.54, 1.807) is 18.3 Å². The zero-order valence-corrected chi connectivity index (χ0v) is 12.4. The van der Waals surface area contributed by atoms with Gasteiger partial charge >= 0.3 is 5.97 Å². The third-order valence-electron chi connectivity index (χ3n) is 3.27. The second-order valence-electron chi connectivity index (χ2n) is 5.07. The first-order valence-electron chi connectivity index (χ1n) is 6.97. The minimum absolute atomic E-state index is 0.0475. The van der Waals surface area contributed by atoms with Crippen LogP contribution in [0.15, 0.2) is 42.6 Å². The summed E-state index contributed by atoms with van der Waals surface area (Å²) in [4.78, 5) is 17.1. The Morgan fingerprint density at radius 2 is 2.00 bits per heavy atom. The van der Waals surface area contributed by atoms with E-state index in [1.165, 1.54) is 0 Å². The monoisotopic (exact) mass is 295 g/mol. The number of aliphatic carboxylic acids is 1. The SMILES string of the molecule is Cc1ccc(N(CCC(=O)O)Cc2ccc(C#N)cc2)nc1. The Balaban J connectivity index is 2.17. The number of carboxylic acid groups (broad SMARTS) is 1. The van der Waals surface area contributed by atoms with Crippen molar-refractivity contribution in [3.63, 3.8) is 0 Å². The van der Waals surface area contributed by atoms with Crippen LogP contribution in [0.2, 0.25) is 0 Å². The van der Waals surface area contributed by atoms with E-state index in [2.05, 4.69) is 11.1 Å². The third-order valence-corrected chi connectivity index (χ3v) is 3.27. The fourth-order valence-corrected chi connectivity index (χ4v) is 2.06. The van der Waals surface area contributed by atoms with Crippen molar-refractivity contribution in [2.75, 3.05) is 11.4 Å². The second kappa shape index (κ2) is 7.23. The maximum Gasteiger partial charge on any atom is 0.305 e. The number of rotatable bonds is 6. The van der Waals surface area contributed by atoms with Crippen LogP contribution in [0.1, 0.15) is 23.1 Å². The minimum atomic E-state index is -0.836. The highest BCUT2D eigenvalue weighted by Crippen LogP contribution is 2.16. The lowest BCUT2D eigenvalue weighted by atomic mass is 10.1. The zero-order valence-electron chi connectivity index (χ0n) is 12.4. The Hall–Kier alpha value is -2.87. The number of hydrogen-bond acceptors (Lipinski definition) is 4.